The summed E-state index contributed by atoms with van der Waals surface area (Å²) in [6.07, 6.45) is 1.42. The van der Waals surface area contributed by atoms with Crippen molar-refractivity contribution in [1.29, 1.82) is 0 Å². The molecule has 0 atom stereocenters. The highest BCUT2D eigenvalue weighted by atomic mass is 79.9. The second-order valence-electron chi connectivity index (χ2n) is 4.68. The van der Waals surface area contributed by atoms with Crippen LogP contribution in [0.2, 0.25) is 0 Å². The third kappa shape index (κ3) is 3.19. The number of anilines is 1. The lowest BCUT2D eigenvalue weighted by Crippen LogP contribution is -2.40. The topological polar surface area (TPSA) is 72.6 Å². The highest BCUT2D eigenvalue weighted by Crippen LogP contribution is 2.35. The standard InChI is InChI=1S/C12H16Br2N2O3S/c1-16(9-2-4-19-5-3-9)20(17,18)12-10(13)6-8(15)7-11(12)14/h6-7,9H,2-5,15H2,1H3. The summed E-state index contributed by atoms with van der Waals surface area (Å²) in [4.78, 5) is 0.209. The van der Waals surface area contributed by atoms with E-state index in [9.17, 15) is 8.42 Å². The molecule has 0 aliphatic carbocycles. The molecule has 1 heterocycles. The highest BCUT2D eigenvalue weighted by Gasteiger charge is 2.32. The molecule has 1 saturated heterocycles. The van der Waals surface area contributed by atoms with Gasteiger partial charge < -0.3 is 10.5 Å². The molecule has 2 N–H and O–H groups in total. The SMILES string of the molecule is CN(C1CCOCC1)S(=O)(=O)c1c(Br)cc(N)cc1Br. The van der Waals surface area contributed by atoms with Crippen LogP contribution in [0.15, 0.2) is 26.0 Å². The van der Waals surface area contributed by atoms with E-state index in [1.165, 1.54) is 4.31 Å². The van der Waals surface area contributed by atoms with E-state index < -0.39 is 10.0 Å². The summed E-state index contributed by atoms with van der Waals surface area (Å²) in [5.41, 5.74) is 6.20. The Hall–Kier alpha value is -0.150. The Labute approximate surface area is 135 Å². The van der Waals surface area contributed by atoms with E-state index in [0.29, 0.717) is 40.7 Å². The predicted octanol–water partition coefficient (Wildman–Crippen LogP) is 2.59. The molecule has 0 radical (unpaired) electrons. The minimum absolute atomic E-state index is 0.0369. The molecule has 1 aromatic carbocycles. The van der Waals surface area contributed by atoms with E-state index in [0.717, 1.165) is 0 Å². The van der Waals surface area contributed by atoms with Crippen molar-refractivity contribution in [1.82, 2.24) is 4.31 Å². The van der Waals surface area contributed by atoms with E-state index in [4.69, 9.17) is 10.5 Å². The number of rotatable bonds is 3. The highest BCUT2D eigenvalue weighted by molar-refractivity contribution is 9.11. The van der Waals surface area contributed by atoms with Gasteiger partial charge in [-0.1, -0.05) is 0 Å². The first-order valence-corrected chi connectivity index (χ1v) is 9.17. The van der Waals surface area contributed by atoms with Crippen LogP contribution in [0.3, 0.4) is 0 Å². The van der Waals surface area contributed by atoms with Gasteiger partial charge in [-0.05, 0) is 56.8 Å². The molecular weight excluding hydrogens is 412 g/mol. The molecule has 1 fully saturated rings. The quantitative estimate of drug-likeness (QED) is 0.752. The summed E-state index contributed by atoms with van der Waals surface area (Å²) in [5.74, 6) is 0. The Morgan fingerprint density at radius 3 is 2.25 bits per heavy atom. The van der Waals surface area contributed by atoms with Gasteiger partial charge in [0.1, 0.15) is 4.90 Å². The van der Waals surface area contributed by atoms with Crippen molar-refractivity contribution in [2.24, 2.45) is 0 Å². The number of ether oxygens (including phenoxy) is 1. The lowest BCUT2D eigenvalue weighted by molar-refractivity contribution is 0.0632. The van der Waals surface area contributed by atoms with Crippen LogP contribution in [-0.2, 0) is 14.8 Å². The number of hydrogen-bond donors (Lipinski definition) is 1. The zero-order chi connectivity index (χ0) is 14.9. The minimum atomic E-state index is -3.59. The number of benzene rings is 1. The molecule has 2 rings (SSSR count). The first-order chi connectivity index (χ1) is 9.34. The second-order valence-corrected chi connectivity index (χ2v) is 8.32. The van der Waals surface area contributed by atoms with Gasteiger partial charge in [-0.15, -0.1) is 0 Å². The van der Waals surface area contributed by atoms with Crippen molar-refractivity contribution in [2.45, 2.75) is 23.8 Å². The average Bonchev–Trinajstić information content (AvgIpc) is 2.37. The van der Waals surface area contributed by atoms with E-state index >= 15 is 0 Å². The van der Waals surface area contributed by atoms with E-state index in [2.05, 4.69) is 31.9 Å². The molecule has 0 unspecified atom stereocenters. The van der Waals surface area contributed by atoms with E-state index in [1.54, 1.807) is 19.2 Å². The molecule has 1 aromatic rings. The maximum Gasteiger partial charge on any atom is 0.245 e. The van der Waals surface area contributed by atoms with Crippen LogP contribution in [0.4, 0.5) is 5.69 Å². The van der Waals surface area contributed by atoms with Gasteiger partial charge in [0, 0.05) is 40.9 Å². The Morgan fingerprint density at radius 1 is 1.25 bits per heavy atom. The van der Waals surface area contributed by atoms with Crippen LogP contribution < -0.4 is 5.73 Å². The van der Waals surface area contributed by atoms with Gasteiger partial charge in [0.15, 0.2) is 0 Å². The molecule has 1 aliphatic heterocycles. The third-order valence-corrected chi connectivity index (χ3v) is 7.15. The number of sulfonamides is 1. The van der Waals surface area contributed by atoms with E-state index in [1.807, 2.05) is 0 Å². The number of hydrogen-bond acceptors (Lipinski definition) is 4. The maximum absolute atomic E-state index is 12.8. The average molecular weight is 428 g/mol. The predicted molar refractivity (Wildman–Crippen MR) is 85.0 cm³/mol. The fourth-order valence-electron chi connectivity index (χ4n) is 2.21. The summed E-state index contributed by atoms with van der Waals surface area (Å²) in [6, 6.07) is 3.15. The fraction of sp³-hybridized carbons (Fsp3) is 0.500. The minimum Gasteiger partial charge on any atom is -0.399 e. The summed E-state index contributed by atoms with van der Waals surface area (Å²) in [5, 5.41) is 0. The van der Waals surface area contributed by atoms with Crippen molar-refractivity contribution in [3.63, 3.8) is 0 Å². The molecule has 0 aromatic heterocycles. The maximum atomic E-state index is 12.8. The number of nitrogens with two attached hydrogens (primary N) is 1. The van der Waals surface area contributed by atoms with Crippen LogP contribution in [0.25, 0.3) is 0 Å². The zero-order valence-corrected chi connectivity index (χ0v) is 15.0. The van der Waals surface area contributed by atoms with Crippen molar-refractivity contribution < 1.29 is 13.2 Å². The first-order valence-electron chi connectivity index (χ1n) is 6.14. The molecule has 0 amide bonds. The molecule has 5 nitrogen and oxygen atoms in total. The molecule has 0 bridgehead atoms. The molecule has 20 heavy (non-hydrogen) atoms. The summed E-state index contributed by atoms with van der Waals surface area (Å²) in [7, 11) is -1.98. The molecule has 0 spiro atoms. The van der Waals surface area contributed by atoms with Gasteiger partial charge in [0.2, 0.25) is 10.0 Å². The lowest BCUT2D eigenvalue weighted by Gasteiger charge is -2.31. The van der Waals surface area contributed by atoms with Gasteiger partial charge in [0.25, 0.3) is 0 Å². The van der Waals surface area contributed by atoms with Crippen LogP contribution in [0.1, 0.15) is 12.8 Å². The van der Waals surface area contributed by atoms with Gasteiger partial charge >= 0.3 is 0 Å². The lowest BCUT2D eigenvalue weighted by atomic mass is 10.1. The number of halogens is 2. The Kier molecular flexibility index (Phi) is 5.12. The largest absolute Gasteiger partial charge is 0.399 e. The van der Waals surface area contributed by atoms with E-state index in [-0.39, 0.29) is 10.9 Å². The fourth-order valence-corrected chi connectivity index (χ4v) is 6.17. The smallest absolute Gasteiger partial charge is 0.245 e. The Balaban J connectivity index is 2.39. The van der Waals surface area contributed by atoms with Crippen molar-refractivity contribution in [2.75, 3.05) is 26.0 Å². The van der Waals surface area contributed by atoms with Gasteiger partial charge in [-0.3, -0.25) is 0 Å². The first kappa shape index (κ1) is 16.2. The van der Waals surface area contributed by atoms with Crippen LogP contribution in [0, 0.1) is 0 Å². The van der Waals surface area contributed by atoms with Crippen molar-refractivity contribution in [3.8, 4) is 0 Å². The Morgan fingerprint density at radius 2 is 1.75 bits per heavy atom. The number of nitrogen functional groups attached to an aromatic ring is 1. The van der Waals surface area contributed by atoms with Crippen LogP contribution in [0.5, 0.6) is 0 Å². The number of nitrogens with zero attached hydrogens (tertiary/aromatic N) is 1. The molecular formula is C12H16Br2N2O3S. The molecule has 1 aliphatic rings. The summed E-state index contributed by atoms with van der Waals surface area (Å²) in [6.45, 7) is 1.18. The zero-order valence-electron chi connectivity index (χ0n) is 11.0. The monoisotopic (exact) mass is 426 g/mol. The van der Waals surface area contributed by atoms with Crippen LogP contribution in [-0.4, -0.2) is 39.0 Å². The molecule has 0 saturated carbocycles. The van der Waals surface area contributed by atoms with Crippen molar-refractivity contribution in [3.05, 3.63) is 21.1 Å². The third-order valence-electron chi connectivity index (χ3n) is 3.36. The molecule has 112 valence electrons. The second kappa shape index (κ2) is 6.31. The van der Waals surface area contributed by atoms with Crippen molar-refractivity contribution >= 4 is 47.6 Å². The van der Waals surface area contributed by atoms with Crippen LogP contribution >= 0.6 is 31.9 Å². The normalized spacial score (nSPS) is 17.6. The van der Waals surface area contributed by atoms with Gasteiger partial charge in [0.05, 0.1) is 0 Å². The van der Waals surface area contributed by atoms with Gasteiger partial charge in [-0.25, -0.2) is 8.42 Å². The molecule has 8 heteroatoms. The van der Waals surface area contributed by atoms with Gasteiger partial charge in [-0.2, -0.15) is 4.31 Å². The summed E-state index contributed by atoms with van der Waals surface area (Å²) >= 11 is 6.57. The Bertz CT molecular complexity index is 578. The summed E-state index contributed by atoms with van der Waals surface area (Å²) < 4.78 is 33.2.